The average Bonchev–Trinajstić information content (AvgIpc) is 2.91. The number of fused-ring (bicyclic) bond motifs is 1. The summed E-state index contributed by atoms with van der Waals surface area (Å²) in [6.45, 7) is 0. The smallest absolute Gasteiger partial charge is 0.324 e. The second-order valence-electron chi connectivity index (χ2n) is 4.67. The maximum absolute atomic E-state index is 12.1. The number of aromatic nitrogens is 2. The second-order valence-corrected chi connectivity index (χ2v) is 4.67. The molecule has 0 atom stereocenters. The number of nitrogens with one attached hydrogen (secondary N) is 3. The number of rotatable bonds is 3. The van der Waals surface area contributed by atoms with Crippen LogP contribution in [-0.4, -0.2) is 16.0 Å². The predicted molar refractivity (Wildman–Crippen MR) is 84.5 cm³/mol. The summed E-state index contributed by atoms with van der Waals surface area (Å²) in [6, 6.07) is 16.4. The fraction of sp³-hybridized carbons (Fsp3) is 0.0625. The Balaban J connectivity index is 1.74. The third-order valence-electron chi connectivity index (χ3n) is 3.16. The summed E-state index contributed by atoms with van der Waals surface area (Å²) in [5, 5.41) is 14.2. The molecule has 1 heterocycles. The molecule has 0 saturated carbocycles. The van der Waals surface area contributed by atoms with Crippen LogP contribution in [0.5, 0.6) is 0 Å². The molecule has 0 bridgehead atoms. The van der Waals surface area contributed by atoms with E-state index in [1.165, 1.54) is 0 Å². The minimum atomic E-state index is -0.413. The zero-order chi connectivity index (χ0) is 15.4. The molecule has 22 heavy (non-hydrogen) atoms. The first-order valence-corrected chi connectivity index (χ1v) is 6.74. The van der Waals surface area contributed by atoms with Gasteiger partial charge in [0.25, 0.3) is 0 Å². The topological polar surface area (TPSA) is 93.6 Å². The van der Waals surface area contributed by atoms with Gasteiger partial charge in [-0.15, -0.1) is 0 Å². The van der Waals surface area contributed by atoms with Gasteiger partial charge in [-0.05, 0) is 23.8 Å². The lowest BCUT2D eigenvalue weighted by Crippen LogP contribution is -2.20. The lowest BCUT2D eigenvalue weighted by Gasteiger charge is -2.08. The Morgan fingerprint density at radius 1 is 1.14 bits per heavy atom. The molecular formula is C16H13N5O. The maximum atomic E-state index is 12.1. The van der Waals surface area contributed by atoms with Crippen molar-refractivity contribution in [2.24, 2.45) is 0 Å². The molecule has 0 aliphatic heterocycles. The Hall–Kier alpha value is -3.33. The number of carbonyl (C=O) groups is 1. The van der Waals surface area contributed by atoms with Gasteiger partial charge in [0.1, 0.15) is 0 Å². The number of amides is 2. The van der Waals surface area contributed by atoms with E-state index in [0.29, 0.717) is 11.6 Å². The summed E-state index contributed by atoms with van der Waals surface area (Å²) < 4.78 is 0. The van der Waals surface area contributed by atoms with Crippen molar-refractivity contribution >= 4 is 28.7 Å². The van der Waals surface area contributed by atoms with Crippen LogP contribution in [0, 0.1) is 11.3 Å². The first kappa shape index (κ1) is 13.6. The average molecular weight is 291 g/mol. The van der Waals surface area contributed by atoms with Crippen molar-refractivity contribution in [1.29, 1.82) is 5.26 Å². The molecule has 0 spiro atoms. The van der Waals surface area contributed by atoms with Crippen LogP contribution in [0.15, 0.2) is 48.5 Å². The number of benzene rings is 2. The lowest BCUT2D eigenvalue weighted by molar-refractivity contribution is 0.262. The number of para-hydroxylation sites is 3. The Kier molecular flexibility index (Phi) is 3.70. The number of aromatic amines is 1. The number of imidazole rings is 1. The molecule has 1 aromatic heterocycles. The van der Waals surface area contributed by atoms with Crippen molar-refractivity contribution in [3.63, 3.8) is 0 Å². The number of anilines is 2. The van der Waals surface area contributed by atoms with Gasteiger partial charge in [0, 0.05) is 5.69 Å². The fourth-order valence-corrected chi connectivity index (χ4v) is 2.15. The van der Waals surface area contributed by atoms with Crippen LogP contribution in [0.1, 0.15) is 5.56 Å². The molecule has 0 aliphatic rings. The number of nitriles is 1. The molecule has 108 valence electrons. The van der Waals surface area contributed by atoms with Crippen molar-refractivity contribution in [3.8, 4) is 6.07 Å². The molecule has 0 fully saturated rings. The van der Waals surface area contributed by atoms with Crippen LogP contribution in [0.2, 0.25) is 0 Å². The fourth-order valence-electron chi connectivity index (χ4n) is 2.15. The van der Waals surface area contributed by atoms with Gasteiger partial charge >= 0.3 is 6.03 Å². The van der Waals surface area contributed by atoms with Crippen molar-refractivity contribution in [3.05, 3.63) is 54.1 Å². The van der Waals surface area contributed by atoms with E-state index in [2.05, 4.69) is 26.7 Å². The number of urea groups is 1. The van der Waals surface area contributed by atoms with Crippen molar-refractivity contribution in [2.75, 3.05) is 10.6 Å². The summed E-state index contributed by atoms with van der Waals surface area (Å²) in [6.07, 6.45) is 0.237. The van der Waals surface area contributed by atoms with Crippen LogP contribution >= 0.6 is 0 Å². The quantitative estimate of drug-likeness (QED) is 0.691. The number of H-pyrrole nitrogens is 1. The predicted octanol–water partition coefficient (Wildman–Crippen LogP) is 3.27. The van der Waals surface area contributed by atoms with Gasteiger partial charge in [-0.3, -0.25) is 5.32 Å². The van der Waals surface area contributed by atoms with Gasteiger partial charge in [-0.25, -0.2) is 9.78 Å². The molecule has 3 N–H and O–H groups in total. The van der Waals surface area contributed by atoms with Crippen molar-refractivity contribution < 1.29 is 4.79 Å². The molecule has 2 aromatic carbocycles. The van der Waals surface area contributed by atoms with Crippen LogP contribution in [0.4, 0.5) is 16.4 Å². The minimum Gasteiger partial charge on any atom is -0.324 e. The van der Waals surface area contributed by atoms with Crippen LogP contribution in [-0.2, 0) is 6.42 Å². The Morgan fingerprint density at radius 2 is 1.91 bits per heavy atom. The molecule has 0 saturated heterocycles. The van der Waals surface area contributed by atoms with Crippen molar-refractivity contribution in [1.82, 2.24) is 9.97 Å². The van der Waals surface area contributed by atoms with E-state index in [0.717, 1.165) is 16.6 Å². The van der Waals surface area contributed by atoms with E-state index in [1.807, 2.05) is 30.3 Å². The zero-order valence-corrected chi connectivity index (χ0v) is 11.6. The highest BCUT2D eigenvalue weighted by Gasteiger charge is 2.09. The number of nitrogens with zero attached hydrogens (tertiary/aromatic N) is 2. The van der Waals surface area contributed by atoms with E-state index in [9.17, 15) is 4.79 Å². The van der Waals surface area contributed by atoms with Gasteiger partial charge < -0.3 is 10.3 Å². The summed E-state index contributed by atoms with van der Waals surface area (Å²) >= 11 is 0. The Bertz CT molecular complexity index is 829. The monoisotopic (exact) mass is 291 g/mol. The van der Waals surface area contributed by atoms with E-state index in [1.54, 1.807) is 18.2 Å². The van der Waals surface area contributed by atoms with Gasteiger partial charge in [-0.1, -0.05) is 30.3 Å². The first-order valence-electron chi connectivity index (χ1n) is 6.74. The molecule has 2 amide bonds. The lowest BCUT2D eigenvalue weighted by atomic mass is 10.1. The molecule has 6 heteroatoms. The van der Waals surface area contributed by atoms with E-state index < -0.39 is 6.03 Å². The normalized spacial score (nSPS) is 10.1. The SMILES string of the molecule is N#CCc1ccccc1NC(=O)Nc1nc2ccccc2[nH]1. The minimum absolute atomic E-state index is 0.237. The summed E-state index contributed by atoms with van der Waals surface area (Å²) in [7, 11) is 0. The van der Waals surface area contributed by atoms with Gasteiger partial charge in [0.2, 0.25) is 5.95 Å². The van der Waals surface area contributed by atoms with Crippen LogP contribution < -0.4 is 10.6 Å². The van der Waals surface area contributed by atoms with E-state index >= 15 is 0 Å². The molecule has 3 rings (SSSR count). The Morgan fingerprint density at radius 3 is 2.73 bits per heavy atom. The molecular weight excluding hydrogens is 278 g/mol. The van der Waals surface area contributed by atoms with Gasteiger partial charge in [0.05, 0.1) is 23.5 Å². The second kappa shape index (κ2) is 5.97. The van der Waals surface area contributed by atoms with Gasteiger partial charge in [0.15, 0.2) is 0 Å². The van der Waals surface area contributed by atoms with E-state index in [-0.39, 0.29) is 6.42 Å². The Labute approximate surface area is 126 Å². The molecule has 6 nitrogen and oxygen atoms in total. The number of hydrogen-bond donors (Lipinski definition) is 3. The molecule has 0 unspecified atom stereocenters. The highest BCUT2D eigenvalue weighted by atomic mass is 16.2. The number of carbonyl (C=O) groups excluding carboxylic acids is 1. The highest BCUT2D eigenvalue weighted by molar-refractivity contribution is 6.00. The number of hydrogen-bond acceptors (Lipinski definition) is 3. The first-order chi connectivity index (χ1) is 10.8. The summed E-state index contributed by atoms with van der Waals surface area (Å²) in [5.41, 5.74) is 3.01. The molecule has 0 aliphatic carbocycles. The molecule has 3 aromatic rings. The van der Waals surface area contributed by atoms with Crippen LogP contribution in [0.25, 0.3) is 11.0 Å². The highest BCUT2D eigenvalue weighted by Crippen LogP contribution is 2.17. The van der Waals surface area contributed by atoms with Crippen LogP contribution in [0.3, 0.4) is 0 Å². The summed E-state index contributed by atoms with van der Waals surface area (Å²) in [5.74, 6) is 0.372. The standard InChI is InChI=1S/C16H13N5O/c17-10-9-11-5-1-2-6-12(11)20-16(22)21-15-18-13-7-3-4-8-14(13)19-15/h1-8H,9H2,(H3,18,19,20,21,22). The third kappa shape index (κ3) is 2.88. The van der Waals surface area contributed by atoms with E-state index in [4.69, 9.17) is 5.26 Å². The zero-order valence-electron chi connectivity index (χ0n) is 11.6. The maximum Gasteiger partial charge on any atom is 0.326 e. The molecule has 0 radical (unpaired) electrons. The third-order valence-corrected chi connectivity index (χ3v) is 3.16. The van der Waals surface area contributed by atoms with Gasteiger partial charge in [-0.2, -0.15) is 5.26 Å². The summed E-state index contributed by atoms with van der Waals surface area (Å²) in [4.78, 5) is 19.3. The largest absolute Gasteiger partial charge is 0.326 e. The van der Waals surface area contributed by atoms with Crippen molar-refractivity contribution in [2.45, 2.75) is 6.42 Å².